The van der Waals surface area contributed by atoms with Gasteiger partial charge in [0, 0.05) is 5.56 Å². The Hall–Kier alpha value is -1.37. The zero-order valence-electron chi connectivity index (χ0n) is 11.3. The first kappa shape index (κ1) is 13.7. The lowest BCUT2D eigenvalue weighted by molar-refractivity contribution is 0.112. The molecular formula is C16H22O. The van der Waals surface area contributed by atoms with Crippen molar-refractivity contribution >= 4 is 11.9 Å². The summed E-state index contributed by atoms with van der Waals surface area (Å²) >= 11 is 0. The van der Waals surface area contributed by atoms with E-state index in [-0.39, 0.29) is 0 Å². The summed E-state index contributed by atoms with van der Waals surface area (Å²) in [6, 6.07) is 5.89. The number of unbranched alkanes of at least 4 members (excludes halogenated alkanes) is 1. The van der Waals surface area contributed by atoms with Crippen molar-refractivity contribution in [3.05, 3.63) is 40.5 Å². The second-order valence-corrected chi connectivity index (χ2v) is 4.70. The minimum atomic E-state index is 0.758. The Balaban J connectivity index is 3.09. The Bertz CT molecular complexity index is 427. The van der Waals surface area contributed by atoms with Crippen LogP contribution in [0.15, 0.2) is 23.8 Å². The molecule has 0 amide bonds. The molecule has 0 saturated heterocycles. The molecule has 17 heavy (non-hydrogen) atoms. The van der Waals surface area contributed by atoms with Crippen LogP contribution in [0.2, 0.25) is 0 Å². The number of aldehydes is 1. The molecule has 0 bridgehead atoms. The first-order valence-electron chi connectivity index (χ1n) is 6.32. The Kier molecular flexibility index (Phi) is 5.14. The topological polar surface area (TPSA) is 17.1 Å². The molecule has 0 fully saturated rings. The molecule has 0 aliphatic rings. The quantitative estimate of drug-likeness (QED) is 0.664. The van der Waals surface area contributed by atoms with E-state index in [9.17, 15) is 4.79 Å². The van der Waals surface area contributed by atoms with Crippen LogP contribution in [0, 0.1) is 6.92 Å². The van der Waals surface area contributed by atoms with Gasteiger partial charge in [-0.1, -0.05) is 31.1 Å². The van der Waals surface area contributed by atoms with Gasteiger partial charge in [-0.25, -0.2) is 0 Å². The smallest absolute Gasteiger partial charge is 0.150 e. The average molecular weight is 230 g/mol. The molecule has 0 atom stereocenters. The predicted octanol–water partition coefficient (Wildman–Crippen LogP) is 4.79. The molecule has 0 radical (unpaired) electrons. The number of carbonyl (C=O) groups is 1. The molecule has 1 rings (SSSR count). The van der Waals surface area contributed by atoms with Gasteiger partial charge < -0.3 is 0 Å². The van der Waals surface area contributed by atoms with E-state index in [0.717, 1.165) is 18.3 Å². The summed E-state index contributed by atoms with van der Waals surface area (Å²) in [7, 11) is 0. The van der Waals surface area contributed by atoms with E-state index in [4.69, 9.17) is 0 Å². The minimum absolute atomic E-state index is 0.758. The van der Waals surface area contributed by atoms with E-state index in [1.807, 2.05) is 18.2 Å². The first-order valence-corrected chi connectivity index (χ1v) is 6.32. The van der Waals surface area contributed by atoms with Crippen molar-refractivity contribution in [2.75, 3.05) is 0 Å². The Morgan fingerprint density at radius 3 is 2.59 bits per heavy atom. The fraction of sp³-hybridized carbons (Fsp3) is 0.438. The van der Waals surface area contributed by atoms with Gasteiger partial charge >= 0.3 is 0 Å². The number of carbonyl (C=O) groups excluding carboxylic acids is 1. The number of rotatable bonds is 5. The maximum atomic E-state index is 10.8. The Morgan fingerprint density at radius 2 is 2.00 bits per heavy atom. The normalized spacial score (nSPS) is 12.2. The molecule has 0 aliphatic heterocycles. The minimum Gasteiger partial charge on any atom is -0.298 e. The molecule has 92 valence electrons. The molecular weight excluding hydrogens is 208 g/mol. The van der Waals surface area contributed by atoms with E-state index in [2.05, 4.69) is 27.7 Å². The molecule has 0 aromatic heterocycles. The summed E-state index contributed by atoms with van der Waals surface area (Å²) in [6.07, 6.45) is 4.51. The fourth-order valence-electron chi connectivity index (χ4n) is 1.98. The van der Waals surface area contributed by atoms with E-state index in [1.54, 1.807) is 0 Å². The second kappa shape index (κ2) is 6.39. The van der Waals surface area contributed by atoms with Crippen molar-refractivity contribution in [2.24, 2.45) is 0 Å². The van der Waals surface area contributed by atoms with E-state index >= 15 is 0 Å². The Labute approximate surface area is 105 Å². The summed E-state index contributed by atoms with van der Waals surface area (Å²) in [6.45, 7) is 8.65. The van der Waals surface area contributed by atoms with E-state index in [1.165, 1.54) is 35.1 Å². The van der Waals surface area contributed by atoms with Gasteiger partial charge in [-0.15, -0.1) is 0 Å². The summed E-state index contributed by atoms with van der Waals surface area (Å²) < 4.78 is 0. The number of allylic oxidation sites excluding steroid dienone is 2. The maximum Gasteiger partial charge on any atom is 0.150 e. The first-order chi connectivity index (χ1) is 8.10. The van der Waals surface area contributed by atoms with E-state index in [0.29, 0.717) is 0 Å². The predicted molar refractivity (Wildman–Crippen MR) is 74.4 cm³/mol. The van der Waals surface area contributed by atoms with Crippen molar-refractivity contribution in [3.63, 3.8) is 0 Å². The Morgan fingerprint density at radius 1 is 1.29 bits per heavy atom. The van der Waals surface area contributed by atoms with Crippen LogP contribution in [-0.4, -0.2) is 6.29 Å². The van der Waals surface area contributed by atoms with Crippen molar-refractivity contribution in [2.45, 2.75) is 47.0 Å². The summed E-state index contributed by atoms with van der Waals surface area (Å²) in [5.41, 5.74) is 5.96. The lowest BCUT2D eigenvalue weighted by atomic mass is 9.94. The highest BCUT2D eigenvalue weighted by Gasteiger charge is 2.05. The third-order valence-corrected chi connectivity index (χ3v) is 3.35. The lowest BCUT2D eigenvalue weighted by Crippen LogP contribution is -1.92. The van der Waals surface area contributed by atoms with Gasteiger partial charge in [-0.05, 0) is 56.4 Å². The van der Waals surface area contributed by atoms with Crippen molar-refractivity contribution < 1.29 is 4.79 Å². The molecule has 0 spiro atoms. The highest BCUT2D eigenvalue weighted by molar-refractivity contribution is 5.79. The zero-order valence-corrected chi connectivity index (χ0v) is 11.3. The van der Waals surface area contributed by atoms with Crippen molar-refractivity contribution in [1.29, 1.82) is 0 Å². The molecule has 0 unspecified atom stereocenters. The van der Waals surface area contributed by atoms with Gasteiger partial charge in [0.25, 0.3) is 0 Å². The highest BCUT2D eigenvalue weighted by Crippen LogP contribution is 2.25. The summed E-state index contributed by atoms with van der Waals surface area (Å²) in [5.74, 6) is 0. The van der Waals surface area contributed by atoms with Gasteiger partial charge in [0.1, 0.15) is 6.29 Å². The number of hydrogen-bond acceptors (Lipinski definition) is 1. The monoisotopic (exact) mass is 230 g/mol. The number of benzene rings is 1. The fourth-order valence-corrected chi connectivity index (χ4v) is 1.98. The molecule has 0 aliphatic carbocycles. The number of hydrogen-bond donors (Lipinski definition) is 0. The lowest BCUT2D eigenvalue weighted by Gasteiger charge is -2.11. The largest absolute Gasteiger partial charge is 0.298 e. The second-order valence-electron chi connectivity index (χ2n) is 4.70. The van der Waals surface area contributed by atoms with E-state index < -0.39 is 0 Å². The molecule has 0 saturated carbocycles. The van der Waals surface area contributed by atoms with Gasteiger partial charge in [-0.2, -0.15) is 0 Å². The van der Waals surface area contributed by atoms with Crippen LogP contribution in [0.1, 0.15) is 61.5 Å². The molecule has 1 aromatic rings. The molecule has 1 heteroatoms. The SMILES string of the molecule is CCCC/C(C)=C(/C)c1cc(C=O)ccc1C. The van der Waals surface area contributed by atoms with Crippen LogP contribution in [0.25, 0.3) is 5.57 Å². The van der Waals surface area contributed by atoms with Crippen LogP contribution in [0.5, 0.6) is 0 Å². The van der Waals surface area contributed by atoms with Gasteiger partial charge in [0.15, 0.2) is 0 Å². The molecule has 1 nitrogen and oxygen atoms in total. The van der Waals surface area contributed by atoms with Crippen molar-refractivity contribution in [3.8, 4) is 0 Å². The van der Waals surface area contributed by atoms with Gasteiger partial charge in [0.2, 0.25) is 0 Å². The van der Waals surface area contributed by atoms with Crippen LogP contribution >= 0.6 is 0 Å². The van der Waals surface area contributed by atoms with Gasteiger partial charge in [-0.3, -0.25) is 4.79 Å². The van der Waals surface area contributed by atoms with Crippen LogP contribution < -0.4 is 0 Å². The van der Waals surface area contributed by atoms with Crippen LogP contribution in [0.4, 0.5) is 0 Å². The van der Waals surface area contributed by atoms with Crippen LogP contribution in [0.3, 0.4) is 0 Å². The van der Waals surface area contributed by atoms with Gasteiger partial charge in [0.05, 0.1) is 0 Å². The molecule has 0 heterocycles. The third-order valence-electron chi connectivity index (χ3n) is 3.35. The van der Waals surface area contributed by atoms with Crippen molar-refractivity contribution in [1.82, 2.24) is 0 Å². The summed E-state index contributed by atoms with van der Waals surface area (Å²) in [4.78, 5) is 10.8. The zero-order chi connectivity index (χ0) is 12.8. The molecule has 1 aromatic carbocycles. The third kappa shape index (κ3) is 3.55. The summed E-state index contributed by atoms with van der Waals surface area (Å²) in [5, 5.41) is 0. The maximum absolute atomic E-state index is 10.8. The highest BCUT2D eigenvalue weighted by atomic mass is 16.1. The standard InChI is InChI=1S/C16H22O/c1-5-6-7-12(2)14(4)16-10-15(11-17)9-8-13(16)3/h8-11H,5-7H2,1-4H3/b14-12-. The number of aryl methyl sites for hydroxylation is 1. The molecule has 0 N–H and O–H groups in total. The van der Waals surface area contributed by atoms with Crippen LogP contribution in [-0.2, 0) is 0 Å². The average Bonchev–Trinajstić information content (AvgIpc) is 2.35.